The predicted molar refractivity (Wildman–Crippen MR) is 87.0 cm³/mol. The minimum atomic E-state index is -4.40. The van der Waals surface area contributed by atoms with Gasteiger partial charge >= 0.3 is 6.18 Å². The number of nitrogens with two attached hydrogens (primary N) is 1. The number of halogens is 3. The highest BCUT2D eigenvalue weighted by Gasteiger charge is 2.30. The monoisotopic (exact) mass is 362 g/mol. The molecule has 0 aliphatic rings. The lowest BCUT2D eigenvalue weighted by Gasteiger charge is -2.07. The Bertz CT molecular complexity index is 920. The van der Waals surface area contributed by atoms with Crippen molar-refractivity contribution in [2.24, 2.45) is 5.73 Å². The molecule has 26 heavy (non-hydrogen) atoms. The van der Waals surface area contributed by atoms with Gasteiger partial charge in [-0.3, -0.25) is 4.79 Å². The normalized spacial score (nSPS) is 11.3. The highest BCUT2D eigenvalue weighted by molar-refractivity contribution is 5.98. The molecule has 134 valence electrons. The summed E-state index contributed by atoms with van der Waals surface area (Å²) in [5.74, 6) is -0.207. The molecule has 0 aliphatic heterocycles. The summed E-state index contributed by atoms with van der Waals surface area (Å²) < 4.78 is 42.8. The van der Waals surface area contributed by atoms with E-state index in [1.807, 2.05) is 0 Å². The minimum Gasteiger partial charge on any atom is -0.375 e. The van der Waals surface area contributed by atoms with E-state index in [9.17, 15) is 18.0 Å². The lowest BCUT2D eigenvalue weighted by molar-refractivity contribution is -0.137. The Morgan fingerprint density at radius 2 is 1.81 bits per heavy atom. The molecule has 3 aromatic rings. The molecule has 2 aromatic carbocycles. The van der Waals surface area contributed by atoms with Gasteiger partial charge in [-0.2, -0.15) is 18.2 Å². The number of para-hydroxylation sites is 1. The van der Waals surface area contributed by atoms with Crippen LogP contribution in [0.2, 0.25) is 0 Å². The van der Waals surface area contributed by atoms with Gasteiger partial charge in [0, 0.05) is 11.3 Å². The summed E-state index contributed by atoms with van der Waals surface area (Å²) in [5, 5.41) is 6.71. The number of nitrogens with zero attached hydrogens (tertiary/aromatic N) is 2. The number of amides is 1. The number of hydrogen-bond acceptors (Lipinski definition) is 5. The molecule has 0 spiro atoms. The number of benzene rings is 2. The van der Waals surface area contributed by atoms with Crippen molar-refractivity contribution in [1.82, 2.24) is 10.1 Å². The van der Waals surface area contributed by atoms with Gasteiger partial charge in [0.2, 0.25) is 11.7 Å². The Hall–Kier alpha value is -3.36. The first-order valence-electron chi connectivity index (χ1n) is 7.47. The zero-order valence-electron chi connectivity index (χ0n) is 13.2. The van der Waals surface area contributed by atoms with E-state index in [0.29, 0.717) is 16.8 Å². The van der Waals surface area contributed by atoms with Crippen molar-refractivity contribution in [2.75, 3.05) is 5.32 Å². The molecular weight excluding hydrogens is 349 g/mol. The van der Waals surface area contributed by atoms with E-state index in [0.717, 1.165) is 12.1 Å². The molecule has 3 N–H and O–H groups in total. The van der Waals surface area contributed by atoms with Crippen molar-refractivity contribution in [3.05, 3.63) is 65.5 Å². The molecule has 0 aliphatic carbocycles. The fourth-order valence-electron chi connectivity index (χ4n) is 2.28. The third kappa shape index (κ3) is 3.82. The molecule has 0 bridgehead atoms. The molecule has 0 saturated heterocycles. The van der Waals surface area contributed by atoms with Gasteiger partial charge in [0.05, 0.1) is 17.7 Å². The van der Waals surface area contributed by atoms with Crippen LogP contribution in [0.15, 0.2) is 53.1 Å². The fourth-order valence-corrected chi connectivity index (χ4v) is 2.28. The minimum absolute atomic E-state index is 0.123. The van der Waals surface area contributed by atoms with E-state index in [4.69, 9.17) is 10.3 Å². The molecule has 6 nitrogen and oxygen atoms in total. The number of alkyl halides is 3. The van der Waals surface area contributed by atoms with E-state index < -0.39 is 17.6 Å². The van der Waals surface area contributed by atoms with E-state index in [1.54, 1.807) is 24.3 Å². The number of primary amides is 1. The van der Waals surface area contributed by atoms with Crippen LogP contribution in [0.4, 0.5) is 18.9 Å². The average molecular weight is 362 g/mol. The second-order valence-electron chi connectivity index (χ2n) is 5.35. The summed E-state index contributed by atoms with van der Waals surface area (Å²) in [6.45, 7) is 0.123. The maximum atomic E-state index is 12.6. The van der Waals surface area contributed by atoms with Crippen molar-refractivity contribution in [3.63, 3.8) is 0 Å². The van der Waals surface area contributed by atoms with Crippen LogP contribution in [0.25, 0.3) is 11.4 Å². The van der Waals surface area contributed by atoms with Crippen LogP contribution in [-0.2, 0) is 12.7 Å². The summed E-state index contributed by atoms with van der Waals surface area (Å²) in [5.41, 5.74) is 5.76. The van der Waals surface area contributed by atoms with Gasteiger partial charge in [-0.15, -0.1) is 0 Å². The number of nitrogens with one attached hydrogen (secondary N) is 1. The highest BCUT2D eigenvalue weighted by atomic mass is 19.4. The standard InChI is InChI=1S/C17H13F3N4O2/c18-17(19,20)11-7-5-10(6-8-11)16-23-14(26-24-16)9-22-13-4-2-1-3-12(13)15(21)25/h1-8,22H,9H2,(H2,21,25). The maximum absolute atomic E-state index is 12.6. The molecule has 0 radical (unpaired) electrons. The molecule has 1 amide bonds. The summed E-state index contributed by atoms with van der Waals surface area (Å²) in [7, 11) is 0. The third-order valence-corrected chi connectivity index (χ3v) is 3.56. The van der Waals surface area contributed by atoms with Crippen molar-refractivity contribution in [1.29, 1.82) is 0 Å². The molecule has 0 saturated carbocycles. The van der Waals surface area contributed by atoms with Crippen molar-refractivity contribution < 1.29 is 22.5 Å². The number of anilines is 1. The van der Waals surface area contributed by atoms with Gasteiger partial charge in [-0.25, -0.2) is 0 Å². The van der Waals surface area contributed by atoms with Gasteiger partial charge < -0.3 is 15.6 Å². The van der Waals surface area contributed by atoms with Crippen LogP contribution in [0, 0.1) is 0 Å². The number of aromatic nitrogens is 2. The summed E-state index contributed by atoms with van der Waals surface area (Å²) in [6.07, 6.45) is -4.40. The molecule has 3 rings (SSSR count). The second kappa shape index (κ2) is 6.87. The van der Waals surface area contributed by atoms with Gasteiger partial charge in [0.25, 0.3) is 5.91 Å². The first-order valence-corrected chi connectivity index (χ1v) is 7.47. The zero-order chi connectivity index (χ0) is 18.7. The average Bonchev–Trinajstić information content (AvgIpc) is 3.08. The molecule has 9 heteroatoms. The topological polar surface area (TPSA) is 94.0 Å². The number of carbonyl (C=O) groups excluding carboxylic acids is 1. The number of hydrogen-bond donors (Lipinski definition) is 2. The second-order valence-corrected chi connectivity index (χ2v) is 5.35. The van der Waals surface area contributed by atoms with Crippen LogP contribution >= 0.6 is 0 Å². The number of rotatable bonds is 5. The van der Waals surface area contributed by atoms with E-state index >= 15 is 0 Å². The predicted octanol–water partition coefficient (Wildman–Crippen LogP) is 3.47. The SMILES string of the molecule is NC(=O)c1ccccc1NCc1nc(-c2ccc(C(F)(F)F)cc2)no1. The fraction of sp³-hybridized carbons (Fsp3) is 0.118. The molecular formula is C17H13F3N4O2. The maximum Gasteiger partial charge on any atom is 0.416 e. The molecule has 0 unspecified atom stereocenters. The van der Waals surface area contributed by atoms with Crippen LogP contribution in [0.5, 0.6) is 0 Å². The molecule has 1 aromatic heterocycles. The van der Waals surface area contributed by atoms with Crippen molar-refractivity contribution >= 4 is 11.6 Å². The lowest BCUT2D eigenvalue weighted by atomic mass is 10.1. The third-order valence-electron chi connectivity index (χ3n) is 3.56. The van der Waals surface area contributed by atoms with Crippen molar-refractivity contribution in [3.8, 4) is 11.4 Å². The Kier molecular flexibility index (Phi) is 4.61. The number of carbonyl (C=O) groups is 1. The summed E-state index contributed by atoms with van der Waals surface area (Å²) >= 11 is 0. The molecule has 0 fully saturated rings. The smallest absolute Gasteiger partial charge is 0.375 e. The van der Waals surface area contributed by atoms with Gasteiger partial charge in [0.15, 0.2) is 0 Å². The van der Waals surface area contributed by atoms with E-state index in [-0.39, 0.29) is 18.3 Å². The summed E-state index contributed by atoms with van der Waals surface area (Å²) in [4.78, 5) is 15.5. The Morgan fingerprint density at radius 1 is 1.12 bits per heavy atom. The quantitative estimate of drug-likeness (QED) is 0.725. The lowest BCUT2D eigenvalue weighted by Crippen LogP contribution is -2.14. The Morgan fingerprint density at radius 3 is 2.46 bits per heavy atom. The van der Waals surface area contributed by atoms with E-state index in [2.05, 4.69) is 15.5 Å². The highest BCUT2D eigenvalue weighted by Crippen LogP contribution is 2.30. The zero-order valence-corrected chi connectivity index (χ0v) is 13.2. The van der Waals surface area contributed by atoms with Crippen LogP contribution in [0.1, 0.15) is 21.8 Å². The summed E-state index contributed by atoms with van der Waals surface area (Å²) in [6, 6.07) is 11.1. The first kappa shape index (κ1) is 17.5. The van der Waals surface area contributed by atoms with Gasteiger partial charge in [-0.05, 0) is 24.3 Å². The van der Waals surface area contributed by atoms with E-state index in [1.165, 1.54) is 12.1 Å². The van der Waals surface area contributed by atoms with Gasteiger partial charge in [0.1, 0.15) is 0 Å². The first-order chi connectivity index (χ1) is 12.3. The van der Waals surface area contributed by atoms with Crippen LogP contribution in [0.3, 0.4) is 0 Å². The largest absolute Gasteiger partial charge is 0.416 e. The van der Waals surface area contributed by atoms with Crippen molar-refractivity contribution in [2.45, 2.75) is 12.7 Å². The van der Waals surface area contributed by atoms with Gasteiger partial charge in [-0.1, -0.05) is 29.4 Å². The Labute approximate surface area is 145 Å². The van der Waals surface area contributed by atoms with Crippen LogP contribution < -0.4 is 11.1 Å². The molecule has 1 heterocycles. The molecule has 0 atom stereocenters. The Balaban J connectivity index is 1.72. The van der Waals surface area contributed by atoms with Crippen LogP contribution in [-0.4, -0.2) is 16.0 Å².